The first kappa shape index (κ1) is 24.5. The quantitative estimate of drug-likeness (QED) is 0.510. The van der Waals surface area contributed by atoms with Gasteiger partial charge >= 0.3 is 0 Å². The van der Waals surface area contributed by atoms with Crippen molar-refractivity contribution in [2.45, 2.75) is 70.5 Å². The summed E-state index contributed by atoms with van der Waals surface area (Å²) in [6.45, 7) is 2.10. The molecule has 4 nitrogen and oxygen atoms in total. The number of hydrogen-bond acceptors (Lipinski definition) is 2. The van der Waals surface area contributed by atoms with Gasteiger partial charge in [-0.2, -0.15) is 0 Å². The van der Waals surface area contributed by atoms with E-state index >= 15 is 0 Å². The van der Waals surface area contributed by atoms with Crippen LogP contribution in [0.4, 0.5) is 4.39 Å². The zero-order valence-corrected chi connectivity index (χ0v) is 19.8. The summed E-state index contributed by atoms with van der Waals surface area (Å²) < 4.78 is 13.4. The molecule has 0 radical (unpaired) electrons. The van der Waals surface area contributed by atoms with Gasteiger partial charge in [-0.1, -0.05) is 67.6 Å². The van der Waals surface area contributed by atoms with Crippen molar-refractivity contribution in [3.63, 3.8) is 0 Å². The Bertz CT molecular complexity index is 930. The van der Waals surface area contributed by atoms with Gasteiger partial charge in [0.25, 0.3) is 0 Å². The van der Waals surface area contributed by atoms with E-state index in [2.05, 4.69) is 5.32 Å². The monoisotopic (exact) mass is 478 g/mol. The molecule has 32 heavy (non-hydrogen) atoms. The first-order valence-electron chi connectivity index (χ1n) is 11.2. The Labute approximate surface area is 199 Å². The fourth-order valence-electron chi connectivity index (χ4n) is 4.18. The summed E-state index contributed by atoms with van der Waals surface area (Å²) in [5.74, 6) is -0.706. The normalized spacial score (nSPS) is 15.2. The van der Waals surface area contributed by atoms with E-state index in [0.717, 1.165) is 31.2 Å². The van der Waals surface area contributed by atoms with E-state index in [0.29, 0.717) is 22.0 Å². The van der Waals surface area contributed by atoms with Crippen LogP contribution in [0.25, 0.3) is 0 Å². The maximum Gasteiger partial charge on any atom is 0.243 e. The van der Waals surface area contributed by atoms with Crippen molar-refractivity contribution in [1.82, 2.24) is 10.2 Å². The van der Waals surface area contributed by atoms with Crippen molar-refractivity contribution < 1.29 is 14.0 Å². The summed E-state index contributed by atoms with van der Waals surface area (Å²) in [5, 5.41) is 4.05. The molecule has 1 aliphatic carbocycles. The lowest BCUT2D eigenvalue weighted by Crippen LogP contribution is -2.52. The molecular formula is C25H29Cl2FN2O2. The van der Waals surface area contributed by atoms with Gasteiger partial charge in [-0.3, -0.25) is 9.59 Å². The minimum absolute atomic E-state index is 0.0460. The highest BCUT2D eigenvalue weighted by Gasteiger charge is 2.30. The minimum atomic E-state index is -0.624. The average molecular weight is 479 g/mol. The molecule has 0 aliphatic heterocycles. The predicted molar refractivity (Wildman–Crippen MR) is 126 cm³/mol. The smallest absolute Gasteiger partial charge is 0.243 e. The highest BCUT2D eigenvalue weighted by Crippen LogP contribution is 2.24. The maximum atomic E-state index is 13.4. The molecule has 0 bridgehead atoms. The summed E-state index contributed by atoms with van der Waals surface area (Å²) in [6, 6.07) is 10.5. The lowest BCUT2D eigenvalue weighted by atomic mass is 9.95. The molecule has 1 aliphatic rings. The summed E-state index contributed by atoms with van der Waals surface area (Å²) in [6.07, 6.45) is 5.86. The fourth-order valence-corrected chi connectivity index (χ4v) is 4.66. The van der Waals surface area contributed by atoms with Gasteiger partial charge in [0.2, 0.25) is 11.8 Å². The molecule has 0 unspecified atom stereocenters. The zero-order chi connectivity index (χ0) is 23.1. The summed E-state index contributed by atoms with van der Waals surface area (Å²) in [5.41, 5.74) is 1.40. The Morgan fingerprint density at radius 3 is 2.41 bits per heavy atom. The number of nitrogens with one attached hydrogen (secondary N) is 1. The van der Waals surface area contributed by atoms with Gasteiger partial charge in [0.05, 0.1) is 6.42 Å². The molecule has 2 aromatic carbocycles. The van der Waals surface area contributed by atoms with Crippen LogP contribution in [0.2, 0.25) is 10.0 Å². The van der Waals surface area contributed by atoms with Crippen LogP contribution < -0.4 is 5.32 Å². The molecular weight excluding hydrogens is 450 g/mol. The zero-order valence-electron chi connectivity index (χ0n) is 18.3. The Balaban J connectivity index is 1.82. The number of hydrogen-bond donors (Lipinski definition) is 1. The van der Waals surface area contributed by atoms with E-state index in [1.807, 2.05) is 6.92 Å². The number of benzene rings is 2. The van der Waals surface area contributed by atoms with Crippen LogP contribution in [-0.4, -0.2) is 28.8 Å². The highest BCUT2D eigenvalue weighted by molar-refractivity contribution is 6.35. The SMILES string of the molecule is CC[C@H](C(=O)NC1CCCCC1)N(Cc1ccc(F)cc1)C(=O)Cc1ccc(Cl)cc1Cl. The van der Waals surface area contributed by atoms with Crippen LogP contribution in [0.3, 0.4) is 0 Å². The number of rotatable bonds is 8. The van der Waals surface area contributed by atoms with Gasteiger partial charge in [0.15, 0.2) is 0 Å². The molecule has 2 aromatic rings. The topological polar surface area (TPSA) is 49.4 Å². The summed E-state index contributed by atoms with van der Waals surface area (Å²) in [7, 11) is 0. The molecule has 7 heteroatoms. The predicted octanol–water partition coefficient (Wildman–Crippen LogP) is 5.93. The molecule has 1 atom stereocenters. The van der Waals surface area contributed by atoms with Crippen molar-refractivity contribution in [2.75, 3.05) is 0 Å². The van der Waals surface area contributed by atoms with Crippen LogP contribution in [0.1, 0.15) is 56.6 Å². The van der Waals surface area contributed by atoms with Crippen LogP contribution in [0, 0.1) is 5.82 Å². The second kappa shape index (κ2) is 11.7. The van der Waals surface area contributed by atoms with Gasteiger partial charge in [-0.25, -0.2) is 4.39 Å². The number of nitrogens with zero attached hydrogens (tertiary/aromatic N) is 1. The molecule has 2 amide bonds. The molecule has 172 valence electrons. The second-order valence-corrected chi connectivity index (χ2v) is 9.17. The largest absolute Gasteiger partial charge is 0.352 e. The molecule has 0 spiro atoms. The van der Waals surface area contributed by atoms with Gasteiger partial charge in [0, 0.05) is 22.6 Å². The van der Waals surface area contributed by atoms with Crippen LogP contribution in [0.15, 0.2) is 42.5 Å². The Morgan fingerprint density at radius 1 is 1.09 bits per heavy atom. The molecule has 1 saturated carbocycles. The van der Waals surface area contributed by atoms with E-state index in [4.69, 9.17) is 23.2 Å². The van der Waals surface area contributed by atoms with Crippen molar-refractivity contribution in [1.29, 1.82) is 0 Å². The number of halogens is 3. The molecule has 1 fully saturated rings. The van der Waals surface area contributed by atoms with Gasteiger partial charge in [-0.05, 0) is 54.7 Å². The summed E-state index contributed by atoms with van der Waals surface area (Å²) in [4.78, 5) is 28.2. The van der Waals surface area contributed by atoms with Crippen LogP contribution >= 0.6 is 23.2 Å². The molecule has 0 heterocycles. The molecule has 0 saturated heterocycles. The first-order valence-corrected chi connectivity index (χ1v) is 11.9. The average Bonchev–Trinajstić information content (AvgIpc) is 2.77. The van der Waals surface area contributed by atoms with Gasteiger partial charge in [-0.15, -0.1) is 0 Å². The third-order valence-electron chi connectivity index (χ3n) is 5.96. The number of carbonyl (C=O) groups excluding carboxylic acids is 2. The Kier molecular flexibility index (Phi) is 8.94. The second-order valence-electron chi connectivity index (χ2n) is 8.33. The first-order chi connectivity index (χ1) is 15.4. The molecule has 3 rings (SSSR count). The summed E-state index contributed by atoms with van der Waals surface area (Å²) >= 11 is 12.3. The lowest BCUT2D eigenvalue weighted by Gasteiger charge is -2.33. The number of carbonyl (C=O) groups is 2. The third-order valence-corrected chi connectivity index (χ3v) is 6.55. The van der Waals surface area contributed by atoms with E-state index in [1.54, 1.807) is 35.2 Å². The van der Waals surface area contributed by atoms with Crippen molar-refractivity contribution in [3.05, 3.63) is 69.5 Å². The van der Waals surface area contributed by atoms with Gasteiger partial charge < -0.3 is 10.2 Å². The third kappa shape index (κ3) is 6.69. The Morgan fingerprint density at radius 2 is 1.78 bits per heavy atom. The van der Waals surface area contributed by atoms with E-state index in [-0.39, 0.29) is 36.6 Å². The standard InChI is InChI=1S/C25H29Cl2FN2O2/c1-2-23(25(32)29-21-6-4-3-5-7-21)30(16-17-8-12-20(28)13-9-17)24(31)14-18-10-11-19(26)15-22(18)27/h8-13,15,21,23H,2-7,14,16H2,1H3,(H,29,32)/t23-/m1/s1. The van der Waals surface area contributed by atoms with E-state index in [9.17, 15) is 14.0 Å². The lowest BCUT2D eigenvalue weighted by molar-refractivity contribution is -0.141. The number of amides is 2. The Hall–Kier alpha value is -2.11. The van der Waals surface area contributed by atoms with Crippen LogP contribution in [0.5, 0.6) is 0 Å². The van der Waals surface area contributed by atoms with Crippen molar-refractivity contribution >= 4 is 35.0 Å². The molecule has 0 aromatic heterocycles. The minimum Gasteiger partial charge on any atom is -0.352 e. The van der Waals surface area contributed by atoms with E-state index in [1.165, 1.54) is 18.6 Å². The molecule has 1 N–H and O–H groups in total. The van der Waals surface area contributed by atoms with E-state index < -0.39 is 6.04 Å². The van der Waals surface area contributed by atoms with Crippen molar-refractivity contribution in [3.8, 4) is 0 Å². The fraction of sp³-hybridized carbons (Fsp3) is 0.440. The maximum absolute atomic E-state index is 13.4. The van der Waals surface area contributed by atoms with Crippen LogP contribution in [-0.2, 0) is 22.6 Å². The van der Waals surface area contributed by atoms with Crippen molar-refractivity contribution in [2.24, 2.45) is 0 Å². The highest BCUT2D eigenvalue weighted by atomic mass is 35.5. The van der Waals surface area contributed by atoms with Gasteiger partial charge in [0.1, 0.15) is 11.9 Å².